The summed E-state index contributed by atoms with van der Waals surface area (Å²) in [5, 5.41) is 2.74. The predicted octanol–water partition coefficient (Wildman–Crippen LogP) is 4.72. The van der Waals surface area contributed by atoms with Crippen molar-refractivity contribution < 1.29 is 19.0 Å². The molecular weight excluding hydrogens is 318 g/mol. The van der Waals surface area contributed by atoms with Crippen LogP contribution < -0.4 is 14.8 Å². The molecule has 0 saturated carbocycles. The van der Waals surface area contributed by atoms with Crippen molar-refractivity contribution in [2.24, 2.45) is 0 Å². The number of rotatable bonds is 3. The van der Waals surface area contributed by atoms with Crippen LogP contribution in [0.1, 0.15) is 38.0 Å². The minimum atomic E-state index is -0.533. The van der Waals surface area contributed by atoms with Crippen LogP contribution >= 0.6 is 0 Å². The summed E-state index contributed by atoms with van der Waals surface area (Å²) in [6, 6.07) is 13.5. The van der Waals surface area contributed by atoms with Gasteiger partial charge in [-0.25, -0.2) is 4.79 Å². The Hall–Kier alpha value is -2.69. The van der Waals surface area contributed by atoms with Crippen molar-refractivity contribution in [2.75, 3.05) is 12.4 Å². The molecule has 0 saturated heterocycles. The predicted molar refractivity (Wildman–Crippen MR) is 96.4 cm³/mol. The van der Waals surface area contributed by atoms with Crippen LogP contribution in [-0.4, -0.2) is 18.8 Å². The lowest BCUT2D eigenvalue weighted by molar-refractivity contribution is 0.0636. The normalized spacial score (nSPS) is 15.9. The number of methoxy groups -OCH3 is 1. The maximum absolute atomic E-state index is 11.9. The Morgan fingerprint density at radius 2 is 2.00 bits per heavy atom. The molecule has 5 heteroatoms. The number of nitrogens with one attached hydrogen (secondary N) is 1. The fourth-order valence-corrected chi connectivity index (χ4v) is 2.75. The summed E-state index contributed by atoms with van der Waals surface area (Å²) in [6.45, 7) is 5.49. The van der Waals surface area contributed by atoms with Gasteiger partial charge >= 0.3 is 6.09 Å². The molecule has 1 amide bonds. The minimum absolute atomic E-state index is 0.0538. The number of anilines is 1. The molecule has 1 unspecified atom stereocenters. The number of carbonyl (C=O) groups is 1. The summed E-state index contributed by atoms with van der Waals surface area (Å²) >= 11 is 0. The van der Waals surface area contributed by atoms with E-state index in [4.69, 9.17) is 14.2 Å². The molecule has 1 aliphatic heterocycles. The van der Waals surface area contributed by atoms with E-state index in [-0.39, 0.29) is 6.10 Å². The molecule has 0 bridgehead atoms. The van der Waals surface area contributed by atoms with Crippen molar-refractivity contribution in [3.63, 3.8) is 0 Å². The van der Waals surface area contributed by atoms with Crippen LogP contribution in [0.5, 0.6) is 11.5 Å². The third kappa shape index (κ3) is 4.24. The highest BCUT2D eigenvalue weighted by molar-refractivity contribution is 5.85. The van der Waals surface area contributed by atoms with Crippen molar-refractivity contribution in [1.29, 1.82) is 0 Å². The molecule has 0 fully saturated rings. The Balaban J connectivity index is 1.71. The Morgan fingerprint density at radius 3 is 2.72 bits per heavy atom. The Labute approximate surface area is 147 Å². The minimum Gasteiger partial charge on any atom is -0.497 e. The van der Waals surface area contributed by atoms with E-state index < -0.39 is 11.7 Å². The van der Waals surface area contributed by atoms with Gasteiger partial charge in [-0.1, -0.05) is 18.2 Å². The van der Waals surface area contributed by atoms with Gasteiger partial charge in [0.15, 0.2) is 0 Å². The van der Waals surface area contributed by atoms with E-state index in [2.05, 4.69) is 5.32 Å². The molecule has 0 spiro atoms. The van der Waals surface area contributed by atoms with Crippen LogP contribution in [0, 0.1) is 0 Å². The summed E-state index contributed by atoms with van der Waals surface area (Å²) in [5.41, 5.74) is 2.30. The summed E-state index contributed by atoms with van der Waals surface area (Å²) in [5.74, 6) is 1.59. The van der Waals surface area contributed by atoms with Gasteiger partial charge in [0, 0.05) is 18.2 Å². The van der Waals surface area contributed by atoms with E-state index in [0.717, 1.165) is 29.0 Å². The standard InChI is InChI=1S/C20H23NO4/c1-20(2,3)25-19(22)21-15-9-8-14-11-17(24-18(14)12-15)13-6-5-7-16(10-13)23-4/h5-10,12,17H,11H2,1-4H3,(H,21,22). The molecule has 1 N–H and O–H groups in total. The van der Waals surface area contributed by atoms with Crippen molar-refractivity contribution >= 4 is 11.8 Å². The van der Waals surface area contributed by atoms with Gasteiger partial charge in [-0.05, 0) is 50.1 Å². The van der Waals surface area contributed by atoms with E-state index >= 15 is 0 Å². The molecule has 25 heavy (non-hydrogen) atoms. The van der Waals surface area contributed by atoms with Gasteiger partial charge in [0.25, 0.3) is 0 Å². The molecular formula is C20H23NO4. The van der Waals surface area contributed by atoms with Crippen molar-refractivity contribution in [1.82, 2.24) is 0 Å². The van der Waals surface area contributed by atoms with Crippen molar-refractivity contribution in [3.8, 4) is 11.5 Å². The quantitative estimate of drug-likeness (QED) is 0.878. The number of carbonyl (C=O) groups excluding carboxylic acids is 1. The SMILES string of the molecule is COc1cccc(C2Cc3ccc(NC(=O)OC(C)(C)C)cc3O2)c1. The maximum Gasteiger partial charge on any atom is 0.412 e. The second-order valence-electron chi connectivity index (χ2n) is 7.04. The average molecular weight is 341 g/mol. The average Bonchev–Trinajstić information content (AvgIpc) is 2.96. The van der Waals surface area contributed by atoms with Gasteiger partial charge < -0.3 is 14.2 Å². The number of fused-ring (bicyclic) bond motifs is 1. The van der Waals surface area contributed by atoms with Crippen LogP contribution in [-0.2, 0) is 11.2 Å². The number of amides is 1. The van der Waals surface area contributed by atoms with Crippen LogP contribution in [0.2, 0.25) is 0 Å². The molecule has 1 heterocycles. The molecule has 0 aromatic heterocycles. The van der Waals surface area contributed by atoms with E-state index in [0.29, 0.717) is 5.69 Å². The second-order valence-corrected chi connectivity index (χ2v) is 7.04. The van der Waals surface area contributed by atoms with Gasteiger partial charge in [-0.2, -0.15) is 0 Å². The Morgan fingerprint density at radius 1 is 1.20 bits per heavy atom. The third-order valence-electron chi connectivity index (χ3n) is 3.85. The Kier molecular flexibility index (Phi) is 4.57. The smallest absolute Gasteiger partial charge is 0.412 e. The molecule has 2 aromatic carbocycles. The zero-order valence-electron chi connectivity index (χ0n) is 15.0. The first-order valence-electron chi connectivity index (χ1n) is 8.27. The van der Waals surface area contributed by atoms with E-state index in [1.54, 1.807) is 7.11 Å². The second kappa shape index (κ2) is 6.67. The first-order chi connectivity index (χ1) is 11.8. The molecule has 3 rings (SSSR count). The third-order valence-corrected chi connectivity index (χ3v) is 3.85. The summed E-state index contributed by atoms with van der Waals surface area (Å²) in [4.78, 5) is 11.9. The zero-order chi connectivity index (χ0) is 18.0. The summed E-state index contributed by atoms with van der Waals surface area (Å²) in [7, 11) is 1.65. The Bertz CT molecular complexity index is 780. The van der Waals surface area contributed by atoms with Gasteiger partial charge in [-0.3, -0.25) is 5.32 Å². The van der Waals surface area contributed by atoms with E-state index in [1.165, 1.54) is 0 Å². The maximum atomic E-state index is 11.9. The topological polar surface area (TPSA) is 56.8 Å². The number of hydrogen-bond acceptors (Lipinski definition) is 4. The highest BCUT2D eigenvalue weighted by atomic mass is 16.6. The van der Waals surface area contributed by atoms with Crippen molar-refractivity contribution in [2.45, 2.75) is 38.9 Å². The molecule has 5 nitrogen and oxygen atoms in total. The van der Waals surface area contributed by atoms with Crippen LogP contribution in [0.4, 0.5) is 10.5 Å². The first-order valence-corrected chi connectivity index (χ1v) is 8.27. The van der Waals surface area contributed by atoms with Gasteiger partial charge in [0.2, 0.25) is 0 Å². The lowest BCUT2D eigenvalue weighted by Gasteiger charge is -2.19. The number of hydrogen-bond donors (Lipinski definition) is 1. The van der Waals surface area contributed by atoms with Crippen LogP contribution in [0.3, 0.4) is 0 Å². The fraction of sp³-hybridized carbons (Fsp3) is 0.350. The van der Waals surface area contributed by atoms with Gasteiger partial charge in [0.05, 0.1) is 7.11 Å². The monoisotopic (exact) mass is 341 g/mol. The molecule has 132 valence electrons. The van der Waals surface area contributed by atoms with Crippen LogP contribution in [0.25, 0.3) is 0 Å². The molecule has 1 atom stereocenters. The zero-order valence-corrected chi connectivity index (χ0v) is 15.0. The van der Waals surface area contributed by atoms with Crippen LogP contribution in [0.15, 0.2) is 42.5 Å². The number of ether oxygens (including phenoxy) is 3. The highest BCUT2D eigenvalue weighted by Crippen LogP contribution is 2.38. The molecule has 0 aliphatic carbocycles. The van der Waals surface area contributed by atoms with E-state index in [9.17, 15) is 4.79 Å². The molecule has 1 aliphatic rings. The molecule has 0 radical (unpaired) electrons. The number of benzene rings is 2. The fourth-order valence-electron chi connectivity index (χ4n) is 2.75. The van der Waals surface area contributed by atoms with Gasteiger partial charge in [-0.15, -0.1) is 0 Å². The van der Waals surface area contributed by atoms with E-state index in [1.807, 2.05) is 63.2 Å². The molecule has 2 aromatic rings. The lowest BCUT2D eigenvalue weighted by Crippen LogP contribution is -2.27. The summed E-state index contributed by atoms with van der Waals surface area (Å²) < 4.78 is 16.6. The largest absolute Gasteiger partial charge is 0.497 e. The first kappa shape index (κ1) is 17.1. The lowest BCUT2D eigenvalue weighted by atomic mass is 10.0. The highest BCUT2D eigenvalue weighted by Gasteiger charge is 2.25. The van der Waals surface area contributed by atoms with Gasteiger partial charge in [0.1, 0.15) is 23.2 Å². The van der Waals surface area contributed by atoms with Crippen molar-refractivity contribution in [3.05, 3.63) is 53.6 Å². The summed E-state index contributed by atoms with van der Waals surface area (Å²) in [6.07, 6.45) is 0.256.